The third-order valence-corrected chi connectivity index (χ3v) is 4.39. The van der Waals surface area contributed by atoms with Crippen molar-refractivity contribution in [3.8, 4) is 5.75 Å². The average Bonchev–Trinajstić information content (AvgIpc) is 2.91. The molecule has 2 rings (SSSR count). The topological polar surface area (TPSA) is 69.0 Å². The minimum atomic E-state index is -0.0821. The molecular formula is C16H22N4O2S. The van der Waals surface area contributed by atoms with Crippen molar-refractivity contribution in [1.29, 1.82) is 0 Å². The second-order valence-corrected chi connectivity index (χ2v) is 6.07. The van der Waals surface area contributed by atoms with Crippen molar-refractivity contribution in [3.63, 3.8) is 0 Å². The van der Waals surface area contributed by atoms with Crippen molar-refractivity contribution < 1.29 is 9.53 Å². The minimum absolute atomic E-state index is 0.0821. The fourth-order valence-corrected chi connectivity index (χ4v) is 2.78. The van der Waals surface area contributed by atoms with Crippen molar-refractivity contribution in [3.05, 3.63) is 30.1 Å². The molecule has 0 aliphatic carbocycles. The van der Waals surface area contributed by atoms with Crippen LogP contribution in [0.4, 0.5) is 5.69 Å². The summed E-state index contributed by atoms with van der Waals surface area (Å²) >= 11 is 1.38. The molecule has 0 spiro atoms. The van der Waals surface area contributed by atoms with Crippen molar-refractivity contribution in [2.45, 2.75) is 31.3 Å². The minimum Gasteiger partial charge on any atom is -0.497 e. The fraction of sp³-hybridized carbons (Fsp3) is 0.438. The van der Waals surface area contributed by atoms with Gasteiger partial charge in [-0.05, 0) is 18.6 Å². The summed E-state index contributed by atoms with van der Waals surface area (Å²) in [4.78, 5) is 12.0. The van der Waals surface area contributed by atoms with Gasteiger partial charge in [-0.1, -0.05) is 31.2 Å². The Morgan fingerprint density at radius 1 is 1.39 bits per heavy atom. The highest BCUT2D eigenvalue weighted by atomic mass is 32.2. The number of unbranched alkanes of at least 4 members (excludes halogenated alkanes) is 1. The van der Waals surface area contributed by atoms with Gasteiger partial charge in [-0.15, -0.1) is 10.2 Å². The predicted molar refractivity (Wildman–Crippen MR) is 92.0 cm³/mol. The number of carbonyl (C=O) groups is 1. The van der Waals surface area contributed by atoms with Gasteiger partial charge in [0.2, 0.25) is 5.91 Å². The molecular weight excluding hydrogens is 312 g/mol. The molecule has 23 heavy (non-hydrogen) atoms. The molecule has 0 atom stereocenters. The lowest BCUT2D eigenvalue weighted by Crippen LogP contribution is -2.14. The van der Waals surface area contributed by atoms with E-state index in [9.17, 15) is 4.79 Å². The summed E-state index contributed by atoms with van der Waals surface area (Å²) in [6.07, 6.45) is 3.13. The molecule has 6 nitrogen and oxygen atoms in total. The molecule has 0 bridgehead atoms. The molecule has 0 saturated heterocycles. The van der Waals surface area contributed by atoms with E-state index in [4.69, 9.17) is 4.74 Å². The Morgan fingerprint density at radius 3 is 2.96 bits per heavy atom. The predicted octanol–water partition coefficient (Wildman–Crippen LogP) is 2.90. The SMILES string of the molecule is CCCCc1nnc(SCC(=O)Nc2cccc(OC)c2)n1C. The van der Waals surface area contributed by atoms with Crippen LogP contribution in [0.3, 0.4) is 0 Å². The van der Waals surface area contributed by atoms with Crippen molar-refractivity contribution in [2.75, 3.05) is 18.2 Å². The van der Waals surface area contributed by atoms with Gasteiger partial charge in [-0.25, -0.2) is 0 Å². The molecule has 0 aliphatic heterocycles. The van der Waals surface area contributed by atoms with Crippen molar-refractivity contribution in [1.82, 2.24) is 14.8 Å². The van der Waals surface area contributed by atoms with Gasteiger partial charge >= 0.3 is 0 Å². The van der Waals surface area contributed by atoms with Gasteiger partial charge in [-0.3, -0.25) is 4.79 Å². The highest BCUT2D eigenvalue weighted by Gasteiger charge is 2.11. The number of nitrogens with one attached hydrogen (secondary N) is 1. The van der Waals surface area contributed by atoms with Crippen molar-refractivity contribution in [2.24, 2.45) is 7.05 Å². The first-order valence-corrected chi connectivity index (χ1v) is 8.57. The number of hydrogen-bond acceptors (Lipinski definition) is 5. The van der Waals surface area contributed by atoms with Crippen molar-refractivity contribution >= 4 is 23.4 Å². The number of anilines is 1. The van der Waals surface area contributed by atoms with E-state index in [-0.39, 0.29) is 11.7 Å². The summed E-state index contributed by atoms with van der Waals surface area (Å²) in [5.41, 5.74) is 0.719. The third-order valence-electron chi connectivity index (χ3n) is 3.36. The van der Waals surface area contributed by atoms with Crippen LogP contribution in [-0.2, 0) is 18.3 Å². The van der Waals surface area contributed by atoms with Crippen LogP contribution in [0.5, 0.6) is 5.75 Å². The molecule has 0 saturated carbocycles. The normalized spacial score (nSPS) is 10.6. The van der Waals surface area contributed by atoms with E-state index in [1.54, 1.807) is 13.2 Å². The van der Waals surface area contributed by atoms with Gasteiger partial charge in [0.15, 0.2) is 5.16 Å². The number of ether oxygens (including phenoxy) is 1. The van der Waals surface area contributed by atoms with Crippen LogP contribution in [0, 0.1) is 0 Å². The van der Waals surface area contributed by atoms with E-state index >= 15 is 0 Å². The number of methoxy groups -OCH3 is 1. The van der Waals surface area contributed by atoms with Gasteiger partial charge in [0, 0.05) is 25.2 Å². The molecule has 7 heteroatoms. The second-order valence-electron chi connectivity index (χ2n) is 5.13. The maximum absolute atomic E-state index is 12.0. The number of aromatic nitrogens is 3. The molecule has 0 fully saturated rings. The lowest BCUT2D eigenvalue weighted by atomic mass is 10.2. The molecule has 0 radical (unpaired) electrons. The van der Waals surface area contributed by atoms with E-state index in [1.807, 2.05) is 29.8 Å². The van der Waals surface area contributed by atoms with Crippen LogP contribution < -0.4 is 10.1 Å². The zero-order valence-corrected chi connectivity index (χ0v) is 14.5. The van der Waals surface area contributed by atoms with Gasteiger partial charge in [0.05, 0.1) is 12.9 Å². The van der Waals surface area contributed by atoms with Crippen LogP contribution in [0.25, 0.3) is 0 Å². The lowest BCUT2D eigenvalue weighted by Gasteiger charge is -2.07. The van der Waals surface area contributed by atoms with Crippen LogP contribution in [-0.4, -0.2) is 33.5 Å². The summed E-state index contributed by atoms with van der Waals surface area (Å²) < 4.78 is 7.10. The highest BCUT2D eigenvalue weighted by molar-refractivity contribution is 7.99. The van der Waals surface area contributed by atoms with E-state index in [1.165, 1.54) is 11.8 Å². The summed E-state index contributed by atoms with van der Waals surface area (Å²) in [5, 5.41) is 11.9. The number of benzene rings is 1. The maximum Gasteiger partial charge on any atom is 0.234 e. The van der Waals surface area contributed by atoms with E-state index in [0.717, 1.165) is 35.9 Å². The fourth-order valence-electron chi connectivity index (χ4n) is 2.05. The van der Waals surface area contributed by atoms with Crippen LogP contribution in [0.1, 0.15) is 25.6 Å². The monoisotopic (exact) mass is 334 g/mol. The van der Waals surface area contributed by atoms with E-state index in [2.05, 4.69) is 22.4 Å². The molecule has 1 N–H and O–H groups in total. The number of rotatable bonds is 8. The number of carbonyl (C=O) groups excluding carboxylic acids is 1. The Bertz CT molecular complexity index is 657. The Hall–Kier alpha value is -2.02. The Kier molecular flexibility index (Phi) is 6.46. The van der Waals surface area contributed by atoms with Gasteiger partial charge < -0.3 is 14.6 Å². The van der Waals surface area contributed by atoms with Gasteiger partial charge in [-0.2, -0.15) is 0 Å². The van der Waals surface area contributed by atoms with Gasteiger partial charge in [0.25, 0.3) is 0 Å². The molecule has 1 aromatic carbocycles. The smallest absolute Gasteiger partial charge is 0.234 e. The zero-order chi connectivity index (χ0) is 16.7. The number of aryl methyl sites for hydroxylation is 1. The number of amides is 1. The van der Waals surface area contributed by atoms with Crippen LogP contribution in [0.2, 0.25) is 0 Å². The first kappa shape index (κ1) is 17.3. The quantitative estimate of drug-likeness (QED) is 0.752. The Labute approximate surface area is 140 Å². The maximum atomic E-state index is 12.0. The van der Waals surface area contributed by atoms with E-state index < -0.39 is 0 Å². The number of hydrogen-bond donors (Lipinski definition) is 1. The van der Waals surface area contributed by atoms with E-state index in [0.29, 0.717) is 5.75 Å². The number of nitrogens with zero attached hydrogens (tertiary/aromatic N) is 3. The molecule has 1 amide bonds. The largest absolute Gasteiger partial charge is 0.497 e. The summed E-state index contributed by atoms with van der Waals surface area (Å²) in [6.45, 7) is 2.15. The first-order valence-electron chi connectivity index (χ1n) is 7.59. The third kappa shape index (κ3) is 4.99. The molecule has 0 unspecified atom stereocenters. The Morgan fingerprint density at radius 2 is 2.22 bits per heavy atom. The standard InChI is InChI=1S/C16H22N4O2S/c1-4-5-9-14-18-19-16(20(14)2)23-11-15(21)17-12-7-6-8-13(10-12)22-3/h6-8,10H,4-5,9,11H2,1-3H3,(H,17,21). The average molecular weight is 334 g/mol. The Balaban J connectivity index is 1.88. The molecule has 124 valence electrons. The summed E-state index contributed by atoms with van der Waals surface area (Å²) in [7, 11) is 3.54. The molecule has 2 aromatic rings. The molecule has 1 heterocycles. The first-order chi connectivity index (χ1) is 11.1. The second kappa shape index (κ2) is 8.57. The summed E-state index contributed by atoms with van der Waals surface area (Å²) in [5.74, 6) is 1.88. The molecule has 1 aromatic heterocycles. The number of thioether (sulfide) groups is 1. The highest BCUT2D eigenvalue weighted by Crippen LogP contribution is 2.19. The van der Waals surface area contributed by atoms with Crippen LogP contribution >= 0.6 is 11.8 Å². The van der Waals surface area contributed by atoms with Gasteiger partial charge in [0.1, 0.15) is 11.6 Å². The molecule has 0 aliphatic rings. The lowest BCUT2D eigenvalue weighted by molar-refractivity contribution is -0.113. The summed E-state index contributed by atoms with van der Waals surface area (Å²) in [6, 6.07) is 7.29. The van der Waals surface area contributed by atoms with Crippen LogP contribution in [0.15, 0.2) is 29.4 Å². The zero-order valence-electron chi connectivity index (χ0n) is 13.7.